The number of likely N-dealkylation sites (tertiary alicyclic amines) is 1. The second-order valence-corrected chi connectivity index (χ2v) is 9.42. The quantitative estimate of drug-likeness (QED) is 0.551. The zero-order valence-corrected chi connectivity index (χ0v) is 21.6. The van der Waals surface area contributed by atoms with Gasteiger partial charge in [0.25, 0.3) is 5.91 Å². The highest BCUT2D eigenvalue weighted by molar-refractivity contribution is 5.95. The summed E-state index contributed by atoms with van der Waals surface area (Å²) >= 11 is 0. The first kappa shape index (κ1) is 26.6. The second-order valence-electron chi connectivity index (χ2n) is 9.42. The van der Waals surface area contributed by atoms with E-state index in [2.05, 4.69) is 5.32 Å². The summed E-state index contributed by atoms with van der Waals surface area (Å²) in [4.78, 5) is 45.6. The molecule has 3 amide bonds. The van der Waals surface area contributed by atoms with Crippen molar-refractivity contribution in [2.24, 2.45) is 0 Å². The van der Waals surface area contributed by atoms with Crippen molar-refractivity contribution in [1.82, 2.24) is 20.0 Å². The van der Waals surface area contributed by atoms with Crippen LogP contribution >= 0.6 is 0 Å². The van der Waals surface area contributed by atoms with Gasteiger partial charge in [0, 0.05) is 51.9 Å². The summed E-state index contributed by atoms with van der Waals surface area (Å²) in [6.07, 6.45) is 1.07. The minimum atomic E-state index is -0.617. The van der Waals surface area contributed by atoms with Gasteiger partial charge in [0.1, 0.15) is 18.4 Å². The third-order valence-corrected chi connectivity index (χ3v) is 7.10. The van der Waals surface area contributed by atoms with E-state index in [1.54, 1.807) is 36.3 Å². The number of methoxy groups -OCH3 is 2. The molecular formula is C28H36N4O5. The number of hydrogen-bond donors (Lipinski definition) is 1. The molecule has 198 valence electrons. The lowest BCUT2D eigenvalue weighted by atomic mass is 10.1. The predicted molar refractivity (Wildman–Crippen MR) is 139 cm³/mol. The molecule has 37 heavy (non-hydrogen) atoms. The molecule has 0 spiro atoms. The molecule has 4 rings (SSSR count). The summed E-state index contributed by atoms with van der Waals surface area (Å²) < 4.78 is 10.4. The van der Waals surface area contributed by atoms with Gasteiger partial charge in [0.05, 0.1) is 13.2 Å². The van der Waals surface area contributed by atoms with Crippen LogP contribution in [0, 0.1) is 0 Å². The zero-order chi connectivity index (χ0) is 26.2. The lowest BCUT2D eigenvalue weighted by molar-refractivity contribution is -0.146. The van der Waals surface area contributed by atoms with Crippen LogP contribution in [-0.2, 0) is 20.7 Å². The van der Waals surface area contributed by atoms with Gasteiger partial charge in [0.15, 0.2) is 0 Å². The van der Waals surface area contributed by atoms with E-state index in [0.717, 1.165) is 18.7 Å². The third kappa shape index (κ3) is 6.47. The van der Waals surface area contributed by atoms with Crippen molar-refractivity contribution in [2.45, 2.75) is 24.9 Å². The maximum absolute atomic E-state index is 13.8. The molecule has 2 heterocycles. The van der Waals surface area contributed by atoms with Gasteiger partial charge in [-0.25, -0.2) is 0 Å². The first-order valence-corrected chi connectivity index (χ1v) is 12.8. The molecule has 9 heteroatoms. The molecule has 2 saturated heterocycles. The molecule has 0 aliphatic carbocycles. The number of rotatable bonds is 9. The Kier molecular flexibility index (Phi) is 9.14. The van der Waals surface area contributed by atoms with E-state index in [1.165, 1.54) is 7.11 Å². The molecule has 2 fully saturated rings. The normalized spacial score (nSPS) is 19.5. The Morgan fingerprint density at radius 3 is 2.35 bits per heavy atom. The average Bonchev–Trinajstić information content (AvgIpc) is 3.39. The molecule has 0 radical (unpaired) electrons. The maximum Gasteiger partial charge on any atom is 0.254 e. The number of carbonyl (C=O) groups excluding carboxylic acids is 3. The zero-order valence-electron chi connectivity index (χ0n) is 21.6. The minimum absolute atomic E-state index is 0.0617. The first-order chi connectivity index (χ1) is 18.0. The molecule has 2 aromatic rings. The van der Waals surface area contributed by atoms with Crippen molar-refractivity contribution in [1.29, 1.82) is 0 Å². The van der Waals surface area contributed by atoms with Crippen LogP contribution in [0.4, 0.5) is 0 Å². The summed E-state index contributed by atoms with van der Waals surface area (Å²) in [5, 5.41) is 3.26. The van der Waals surface area contributed by atoms with E-state index >= 15 is 0 Å². The average molecular weight is 509 g/mol. The molecule has 2 aliphatic heterocycles. The Bertz CT molecular complexity index is 1060. The van der Waals surface area contributed by atoms with Crippen LogP contribution in [0.15, 0.2) is 54.6 Å². The van der Waals surface area contributed by atoms with Crippen LogP contribution in [0.5, 0.6) is 5.75 Å². The van der Waals surface area contributed by atoms with Gasteiger partial charge >= 0.3 is 0 Å². The van der Waals surface area contributed by atoms with Crippen molar-refractivity contribution in [3.05, 3.63) is 65.7 Å². The van der Waals surface area contributed by atoms with Crippen LogP contribution in [0.3, 0.4) is 0 Å². The number of carbonyl (C=O) groups is 3. The fourth-order valence-corrected chi connectivity index (χ4v) is 5.10. The minimum Gasteiger partial charge on any atom is -0.497 e. The first-order valence-electron chi connectivity index (χ1n) is 12.8. The van der Waals surface area contributed by atoms with Crippen LogP contribution in [-0.4, -0.2) is 105 Å². The summed E-state index contributed by atoms with van der Waals surface area (Å²) in [5.74, 6) is 0.246. The van der Waals surface area contributed by atoms with Crippen molar-refractivity contribution in [3.8, 4) is 5.75 Å². The molecule has 1 N–H and O–H groups in total. The fraction of sp³-hybridized carbons (Fsp3) is 0.464. The summed E-state index contributed by atoms with van der Waals surface area (Å²) in [7, 11) is 3.06. The number of piperazine rings is 1. The van der Waals surface area contributed by atoms with Crippen LogP contribution in [0.2, 0.25) is 0 Å². The lowest BCUT2D eigenvalue weighted by Gasteiger charge is -2.32. The summed E-state index contributed by atoms with van der Waals surface area (Å²) in [6.45, 7) is 3.33. The highest BCUT2D eigenvalue weighted by atomic mass is 16.5. The summed E-state index contributed by atoms with van der Waals surface area (Å²) in [5.41, 5.74) is 1.66. The lowest BCUT2D eigenvalue weighted by Crippen LogP contribution is -2.53. The van der Waals surface area contributed by atoms with Crippen LogP contribution < -0.4 is 10.1 Å². The van der Waals surface area contributed by atoms with E-state index in [9.17, 15) is 14.4 Å². The Morgan fingerprint density at radius 1 is 1.00 bits per heavy atom. The van der Waals surface area contributed by atoms with Gasteiger partial charge < -0.3 is 29.5 Å². The van der Waals surface area contributed by atoms with Crippen LogP contribution in [0.1, 0.15) is 22.3 Å². The highest BCUT2D eigenvalue weighted by Gasteiger charge is 2.44. The molecular weight excluding hydrogens is 472 g/mol. The molecule has 0 aromatic heterocycles. The molecule has 9 nitrogen and oxygen atoms in total. The van der Waals surface area contributed by atoms with Gasteiger partial charge in [0.2, 0.25) is 11.8 Å². The van der Waals surface area contributed by atoms with E-state index in [1.807, 2.05) is 40.1 Å². The summed E-state index contributed by atoms with van der Waals surface area (Å²) in [6, 6.07) is 16.1. The Hall–Kier alpha value is -3.43. The van der Waals surface area contributed by atoms with Crippen molar-refractivity contribution >= 4 is 17.7 Å². The topological polar surface area (TPSA) is 91.4 Å². The number of ether oxygens (including phenoxy) is 2. The van der Waals surface area contributed by atoms with Crippen molar-refractivity contribution in [3.63, 3.8) is 0 Å². The molecule has 2 unspecified atom stereocenters. The maximum atomic E-state index is 13.8. The Morgan fingerprint density at radius 2 is 1.70 bits per heavy atom. The predicted octanol–water partition coefficient (Wildman–Crippen LogP) is 1.43. The van der Waals surface area contributed by atoms with E-state index in [0.29, 0.717) is 50.3 Å². The Labute approximate surface area is 218 Å². The van der Waals surface area contributed by atoms with Gasteiger partial charge in [-0.05, 0) is 42.7 Å². The number of amides is 3. The largest absolute Gasteiger partial charge is 0.497 e. The number of hydrogen-bond acceptors (Lipinski definition) is 6. The second kappa shape index (κ2) is 12.7. The van der Waals surface area contributed by atoms with E-state index < -0.39 is 6.04 Å². The number of nitrogens with one attached hydrogen (secondary N) is 1. The molecule has 0 bridgehead atoms. The molecule has 2 atom stereocenters. The SMILES string of the molecule is COCC(=O)N1CC(N(CCc2ccccc2)C(=O)c2ccc(OC)cc2)CC1C(=O)N1CCNCC1. The smallest absolute Gasteiger partial charge is 0.254 e. The molecule has 2 aliphatic rings. The van der Waals surface area contributed by atoms with Gasteiger partial charge in [-0.15, -0.1) is 0 Å². The van der Waals surface area contributed by atoms with Crippen LogP contribution in [0.25, 0.3) is 0 Å². The number of benzene rings is 2. The van der Waals surface area contributed by atoms with E-state index in [-0.39, 0.29) is 30.4 Å². The molecule has 0 saturated carbocycles. The van der Waals surface area contributed by atoms with E-state index in [4.69, 9.17) is 9.47 Å². The third-order valence-electron chi connectivity index (χ3n) is 7.10. The standard InChI is InChI=1S/C28H36N4O5/c1-36-20-26(33)32-19-23(18-25(32)28(35)30-16-13-29-14-17-30)31(15-12-21-6-4-3-5-7-21)27(34)22-8-10-24(37-2)11-9-22/h3-11,23,25,29H,12-20H2,1-2H3. The monoisotopic (exact) mass is 508 g/mol. The van der Waals surface area contributed by atoms with Crippen molar-refractivity contribution < 1.29 is 23.9 Å². The van der Waals surface area contributed by atoms with Gasteiger partial charge in [-0.1, -0.05) is 30.3 Å². The number of nitrogens with zero attached hydrogens (tertiary/aromatic N) is 3. The highest BCUT2D eigenvalue weighted by Crippen LogP contribution is 2.27. The molecule has 2 aromatic carbocycles. The van der Waals surface area contributed by atoms with Gasteiger partial charge in [-0.3, -0.25) is 14.4 Å². The van der Waals surface area contributed by atoms with Crippen molar-refractivity contribution in [2.75, 3.05) is 60.1 Å². The van der Waals surface area contributed by atoms with Gasteiger partial charge in [-0.2, -0.15) is 0 Å². The fourth-order valence-electron chi connectivity index (χ4n) is 5.10. The Balaban J connectivity index is 1.59.